The Hall–Kier alpha value is -0.160. The summed E-state index contributed by atoms with van der Waals surface area (Å²) in [6, 6.07) is 0. The molecule has 2 fully saturated rings. The Balaban J connectivity index is 2.06. The van der Waals surface area contributed by atoms with Crippen LogP contribution in [-0.2, 0) is 0 Å². The summed E-state index contributed by atoms with van der Waals surface area (Å²) in [6.07, 6.45) is 2.70. The molecule has 0 aliphatic carbocycles. The van der Waals surface area contributed by atoms with Crippen LogP contribution in [0.1, 0.15) is 19.3 Å². The van der Waals surface area contributed by atoms with Gasteiger partial charge < -0.3 is 21.1 Å². The molecule has 4 nitrogen and oxygen atoms in total. The Kier molecular flexibility index (Phi) is 2.55. The molecule has 0 bridgehead atoms. The maximum atomic E-state index is 10.6. The molecule has 0 radical (unpaired) electrons. The molecule has 0 amide bonds. The van der Waals surface area contributed by atoms with Crippen LogP contribution in [-0.4, -0.2) is 54.4 Å². The molecule has 0 saturated carbocycles. The zero-order valence-electron chi connectivity index (χ0n) is 8.92. The van der Waals surface area contributed by atoms with E-state index in [1.807, 2.05) is 0 Å². The lowest BCUT2D eigenvalue weighted by Crippen LogP contribution is -2.77. The summed E-state index contributed by atoms with van der Waals surface area (Å²) in [4.78, 5) is 2.27. The molecule has 0 aromatic carbocycles. The van der Waals surface area contributed by atoms with Crippen LogP contribution in [0.3, 0.4) is 0 Å². The third kappa shape index (κ3) is 1.56. The minimum absolute atomic E-state index is 0.377. The molecule has 2 heterocycles. The second-order valence-electron chi connectivity index (χ2n) is 4.95. The van der Waals surface area contributed by atoms with Crippen LogP contribution in [0.25, 0.3) is 0 Å². The monoisotopic (exact) mass is 199 g/mol. The van der Waals surface area contributed by atoms with Gasteiger partial charge in [0, 0.05) is 19.6 Å². The summed E-state index contributed by atoms with van der Waals surface area (Å²) in [5.41, 5.74) is 5.17. The molecule has 14 heavy (non-hydrogen) atoms. The fourth-order valence-electron chi connectivity index (χ4n) is 2.48. The van der Waals surface area contributed by atoms with Gasteiger partial charge in [0.1, 0.15) is 0 Å². The number of nitrogens with one attached hydrogen (secondary N) is 1. The Labute approximate surface area is 85.5 Å². The minimum atomic E-state index is -0.650. The van der Waals surface area contributed by atoms with Gasteiger partial charge in [-0.3, -0.25) is 0 Å². The van der Waals surface area contributed by atoms with Crippen LogP contribution < -0.4 is 11.1 Å². The topological polar surface area (TPSA) is 61.5 Å². The predicted molar refractivity (Wildman–Crippen MR) is 56.1 cm³/mol. The number of likely N-dealkylation sites (tertiary alicyclic amines) is 1. The van der Waals surface area contributed by atoms with Crippen LogP contribution in [0, 0.1) is 0 Å². The van der Waals surface area contributed by atoms with E-state index >= 15 is 0 Å². The third-order valence-electron chi connectivity index (χ3n) is 3.84. The number of hydrogen-bond donors (Lipinski definition) is 3. The van der Waals surface area contributed by atoms with Gasteiger partial charge in [-0.25, -0.2) is 0 Å². The maximum absolute atomic E-state index is 10.6. The molecule has 1 unspecified atom stereocenters. The fraction of sp³-hybridized carbons (Fsp3) is 1.00. The van der Waals surface area contributed by atoms with Crippen molar-refractivity contribution in [3.05, 3.63) is 0 Å². The number of nitrogens with two attached hydrogens (primary N) is 1. The highest BCUT2D eigenvalue weighted by molar-refractivity contribution is 5.12. The number of hydrogen-bond acceptors (Lipinski definition) is 4. The van der Waals surface area contributed by atoms with Gasteiger partial charge in [0.25, 0.3) is 0 Å². The summed E-state index contributed by atoms with van der Waals surface area (Å²) in [7, 11) is 2.11. The van der Waals surface area contributed by atoms with E-state index in [2.05, 4.69) is 17.3 Å². The van der Waals surface area contributed by atoms with Crippen molar-refractivity contribution in [2.75, 3.05) is 33.2 Å². The molecule has 0 aromatic rings. The standard InChI is InChI=1S/C10H21N3O/c1-13-5-2-3-10(14,4-6-13)9(11)7-12-8-9/h12,14H,2-8,11H2,1H3. The molecule has 4 N–H and O–H groups in total. The van der Waals surface area contributed by atoms with Crippen molar-refractivity contribution in [1.82, 2.24) is 10.2 Å². The molecule has 0 aromatic heterocycles. The zero-order chi connectivity index (χ0) is 10.2. The van der Waals surface area contributed by atoms with Crippen molar-refractivity contribution in [1.29, 1.82) is 0 Å². The van der Waals surface area contributed by atoms with Crippen molar-refractivity contribution in [2.45, 2.75) is 30.4 Å². The summed E-state index contributed by atoms with van der Waals surface area (Å²) in [5, 5.41) is 13.7. The van der Waals surface area contributed by atoms with Crippen LogP contribution >= 0.6 is 0 Å². The van der Waals surface area contributed by atoms with Crippen molar-refractivity contribution < 1.29 is 5.11 Å². The number of aliphatic hydroxyl groups is 1. The fourth-order valence-corrected chi connectivity index (χ4v) is 2.48. The van der Waals surface area contributed by atoms with Gasteiger partial charge in [-0.05, 0) is 32.9 Å². The van der Waals surface area contributed by atoms with Crippen LogP contribution in [0.2, 0.25) is 0 Å². The smallest absolute Gasteiger partial charge is 0.0863 e. The van der Waals surface area contributed by atoms with E-state index in [0.717, 1.165) is 45.4 Å². The number of rotatable bonds is 1. The van der Waals surface area contributed by atoms with Gasteiger partial charge in [0.05, 0.1) is 11.1 Å². The first-order chi connectivity index (χ1) is 6.56. The van der Waals surface area contributed by atoms with Gasteiger partial charge in [-0.1, -0.05) is 0 Å². The molecule has 2 rings (SSSR count). The molecule has 4 heteroatoms. The van der Waals surface area contributed by atoms with Crippen molar-refractivity contribution in [3.63, 3.8) is 0 Å². The molecule has 82 valence electrons. The first kappa shape index (κ1) is 10.4. The van der Waals surface area contributed by atoms with Crippen molar-refractivity contribution >= 4 is 0 Å². The third-order valence-corrected chi connectivity index (χ3v) is 3.84. The van der Waals surface area contributed by atoms with Gasteiger partial charge in [0.15, 0.2) is 0 Å². The van der Waals surface area contributed by atoms with Crippen LogP contribution in [0.4, 0.5) is 0 Å². The average Bonchev–Trinajstić information content (AvgIpc) is 2.26. The first-order valence-electron chi connectivity index (χ1n) is 5.46. The summed E-state index contributed by atoms with van der Waals surface area (Å²) in [6.45, 7) is 3.54. The lowest BCUT2D eigenvalue weighted by molar-refractivity contribution is -0.0681. The Bertz CT molecular complexity index is 217. The molecule has 2 aliphatic rings. The van der Waals surface area contributed by atoms with E-state index in [-0.39, 0.29) is 5.54 Å². The molecular weight excluding hydrogens is 178 g/mol. The Morgan fingerprint density at radius 2 is 2.00 bits per heavy atom. The van der Waals surface area contributed by atoms with E-state index in [4.69, 9.17) is 5.73 Å². The van der Waals surface area contributed by atoms with Gasteiger partial charge in [-0.15, -0.1) is 0 Å². The Morgan fingerprint density at radius 1 is 1.29 bits per heavy atom. The van der Waals surface area contributed by atoms with E-state index in [9.17, 15) is 5.11 Å². The van der Waals surface area contributed by atoms with Gasteiger partial charge in [0.2, 0.25) is 0 Å². The minimum Gasteiger partial charge on any atom is -0.388 e. The lowest BCUT2D eigenvalue weighted by Gasteiger charge is -2.51. The van der Waals surface area contributed by atoms with Crippen molar-refractivity contribution in [2.24, 2.45) is 5.73 Å². The highest BCUT2D eigenvalue weighted by Crippen LogP contribution is 2.33. The quantitative estimate of drug-likeness (QED) is 0.514. The summed E-state index contributed by atoms with van der Waals surface area (Å²) in [5.74, 6) is 0. The Morgan fingerprint density at radius 3 is 2.57 bits per heavy atom. The molecule has 0 spiro atoms. The van der Waals surface area contributed by atoms with Crippen LogP contribution in [0.15, 0.2) is 0 Å². The SMILES string of the molecule is CN1CCCC(O)(C2(N)CNC2)CC1. The molecule has 1 atom stereocenters. The van der Waals surface area contributed by atoms with E-state index in [1.165, 1.54) is 0 Å². The predicted octanol–water partition coefficient (Wildman–Crippen LogP) is -0.866. The van der Waals surface area contributed by atoms with E-state index < -0.39 is 5.60 Å². The molecule has 2 saturated heterocycles. The summed E-state index contributed by atoms with van der Waals surface area (Å²) >= 11 is 0. The van der Waals surface area contributed by atoms with Crippen molar-refractivity contribution in [3.8, 4) is 0 Å². The first-order valence-corrected chi connectivity index (χ1v) is 5.46. The highest BCUT2D eigenvalue weighted by Gasteiger charge is 2.51. The normalized spacial score (nSPS) is 38.8. The van der Waals surface area contributed by atoms with Gasteiger partial charge >= 0.3 is 0 Å². The van der Waals surface area contributed by atoms with E-state index in [1.54, 1.807) is 0 Å². The zero-order valence-corrected chi connectivity index (χ0v) is 8.92. The average molecular weight is 199 g/mol. The second-order valence-corrected chi connectivity index (χ2v) is 4.95. The maximum Gasteiger partial charge on any atom is 0.0863 e. The molecular formula is C10H21N3O. The molecule has 2 aliphatic heterocycles. The second kappa shape index (κ2) is 3.45. The largest absolute Gasteiger partial charge is 0.388 e. The number of nitrogens with zero attached hydrogens (tertiary/aromatic N) is 1. The van der Waals surface area contributed by atoms with Crippen LogP contribution in [0.5, 0.6) is 0 Å². The lowest BCUT2D eigenvalue weighted by atomic mass is 9.72. The van der Waals surface area contributed by atoms with E-state index in [0.29, 0.717) is 0 Å². The highest BCUT2D eigenvalue weighted by atomic mass is 16.3. The summed E-state index contributed by atoms with van der Waals surface area (Å²) < 4.78 is 0. The van der Waals surface area contributed by atoms with Gasteiger partial charge in [-0.2, -0.15) is 0 Å².